The van der Waals surface area contributed by atoms with Crippen LogP contribution in [0, 0.1) is 0 Å². The van der Waals surface area contributed by atoms with E-state index in [9.17, 15) is 22.8 Å². The summed E-state index contributed by atoms with van der Waals surface area (Å²) in [6.45, 7) is 1.00. The van der Waals surface area contributed by atoms with Gasteiger partial charge in [0.25, 0.3) is 5.91 Å². The van der Waals surface area contributed by atoms with E-state index in [2.05, 4.69) is 9.97 Å². The van der Waals surface area contributed by atoms with Gasteiger partial charge in [-0.2, -0.15) is 13.2 Å². The molecule has 0 spiro atoms. The summed E-state index contributed by atoms with van der Waals surface area (Å²) in [5.74, 6) is -0.259. The second-order valence-corrected chi connectivity index (χ2v) is 7.86. The predicted molar refractivity (Wildman–Crippen MR) is 112 cm³/mol. The number of halogens is 3. The van der Waals surface area contributed by atoms with E-state index < -0.39 is 11.7 Å². The van der Waals surface area contributed by atoms with E-state index in [1.165, 1.54) is 35.2 Å². The molecule has 0 radical (unpaired) electrons. The Morgan fingerprint density at radius 3 is 2.72 bits per heavy atom. The summed E-state index contributed by atoms with van der Waals surface area (Å²) < 4.78 is 40.6. The van der Waals surface area contributed by atoms with Crippen LogP contribution in [-0.2, 0) is 13.2 Å². The molecule has 0 N–H and O–H groups in total. The molecule has 1 saturated heterocycles. The van der Waals surface area contributed by atoms with Gasteiger partial charge in [-0.15, -0.1) is 0 Å². The zero-order chi connectivity index (χ0) is 22.9. The number of hydrogen-bond acceptors (Lipinski definition) is 4. The summed E-state index contributed by atoms with van der Waals surface area (Å²) in [6.07, 6.45) is 1.67. The molecule has 0 saturated carbocycles. The molecule has 2 aromatic heterocycles. The number of carbonyl (C=O) groups excluding carboxylic acids is 1. The average Bonchev–Trinajstić information content (AvgIpc) is 2.80. The Balaban J connectivity index is 1.56. The molecule has 3 heterocycles. The van der Waals surface area contributed by atoms with Crippen molar-refractivity contribution < 1.29 is 18.0 Å². The molecule has 1 amide bonds. The normalized spacial score (nSPS) is 16.8. The van der Waals surface area contributed by atoms with Gasteiger partial charge in [-0.25, -0.2) is 4.98 Å². The smallest absolute Gasteiger partial charge is 0.338 e. The summed E-state index contributed by atoms with van der Waals surface area (Å²) >= 11 is 0. The minimum absolute atomic E-state index is 0.0847. The lowest BCUT2D eigenvalue weighted by Crippen LogP contribution is -2.39. The zero-order valence-electron chi connectivity index (χ0n) is 17.3. The van der Waals surface area contributed by atoms with Gasteiger partial charge in [0.05, 0.1) is 28.7 Å². The van der Waals surface area contributed by atoms with E-state index in [0.717, 1.165) is 25.0 Å². The summed E-state index contributed by atoms with van der Waals surface area (Å²) in [5.41, 5.74) is 0.821. The summed E-state index contributed by atoms with van der Waals surface area (Å²) in [4.78, 5) is 35.0. The predicted octanol–water partition coefficient (Wildman–Crippen LogP) is 3.88. The second kappa shape index (κ2) is 8.57. The first-order valence-corrected chi connectivity index (χ1v) is 10.2. The number of likely N-dealkylation sites (tertiary alicyclic amines) is 1. The number of pyridine rings is 1. The van der Waals surface area contributed by atoms with E-state index in [1.54, 1.807) is 24.2 Å². The standard InChI is InChI=1S/C23H21F3N4O2/c1-29-13-17(7-8-21(29)31)22(32)30-9-3-5-16(14-30)20-12-27-11-19(28-20)15-4-2-6-18(10-15)23(24,25)26/h2,4,6-8,10-13,16H,3,5,9,14H2,1H3. The highest BCUT2D eigenvalue weighted by atomic mass is 19.4. The van der Waals surface area contributed by atoms with Gasteiger partial charge in [-0.1, -0.05) is 12.1 Å². The van der Waals surface area contributed by atoms with Crippen LogP contribution in [0.1, 0.15) is 40.4 Å². The largest absolute Gasteiger partial charge is 0.416 e. The maximum atomic E-state index is 13.1. The molecular weight excluding hydrogens is 421 g/mol. The summed E-state index contributed by atoms with van der Waals surface area (Å²) in [6, 6.07) is 7.87. The van der Waals surface area contributed by atoms with Gasteiger partial charge < -0.3 is 9.47 Å². The Labute approximate surface area is 182 Å². The van der Waals surface area contributed by atoms with Crippen LogP contribution in [0.4, 0.5) is 13.2 Å². The fraction of sp³-hybridized carbons (Fsp3) is 0.304. The molecular formula is C23H21F3N4O2. The molecule has 32 heavy (non-hydrogen) atoms. The van der Waals surface area contributed by atoms with Crippen molar-refractivity contribution in [2.45, 2.75) is 24.9 Å². The molecule has 166 valence electrons. The number of rotatable bonds is 3. The number of benzene rings is 1. The van der Waals surface area contributed by atoms with Crippen molar-refractivity contribution >= 4 is 5.91 Å². The fourth-order valence-corrected chi connectivity index (χ4v) is 3.88. The van der Waals surface area contributed by atoms with Crippen molar-refractivity contribution in [3.05, 3.63) is 82.2 Å². The Morgan fingerprint density at radius 1 is 1.16 bits per heavy atom. The Kier molecular flexibility index (Phi) is 5.82. The number of nitrogens with zero attached hydrogens (tertiary/aromatic N) is 4. The van der Waals surface area contributed by atoms with Gasteiger partial charge in [-0.3, -0.25) is 14.6 Å². The minimum atomic E-state index is -4.44. The monoisotopic (exact) mass is 442 g/mol. The molecule has 1 aromatic carbocycles. The van der Waals surface area contributed by atoms with Crippen molar-refractivity contribution in [1.29, 1.82) is 0 Å². The lowest BCUT2D eigenvalue weighted by atomic mass is 9.94. The summed E-state index contributed by atoms with van der Waals surface area (Å²) in [5, 5.41) is 0. The highest BCUT2D eigenvalue weighted by Gasteiger charge is 2.31. The average molecular weight is 442 g/mol. The van der Waals surface area contributed by atoms with E-state index >= 15 is 0 Å². The molecule has 0 bridgehead atoms. The van der Waals surface area contributed by atoms with Crippen molar-refractivity contribution in [2.75, 3.05) is 13.1 Å². The number of piperidine rings is 1. The van der Waals surface area contributed by atoms with Crippen LogP contribution in [-0.4, -0.2) is 38.4 Å². The quantitative estimate of drug-likeness (QED) is 0.618. The van der Waals surface area contributed by atoms with Crippen LogP contribution >= 0.6 is 0 Å². The lowest BCUT2D eigenvalue weighted by Gasteiger charge is -2.32. The number of amides is 1. The molecule has 1 atom stereocenters. The second-order valence-electron chi connectivity index (χ2n) is 7.86. The van der Waals surface area contributed by atoms with Crippen molar-refractivity contribution in [1.82, 2.24) is 19.4 Å². The fourth-order valence-electron chi connectivity index (χ4n) is 3.88. The number of aryl methyl sites for hydroxylation is 1. The molecule has 1 aliphatic rings. The minimum Gasteiger partial charge on any atom is -0.338 e. The molecule has 0 aliphatic carbocycles. The first kappa shape index (κ1) is 21.7. The molecule has 4 rings (SSSR count). The van der Waals surface area contributed by atoms with E-state index in [0.29, 0.717) is 35.6 Å². The molecule has 3 aromatic rings. The first-order valence-electron chi connectivity index (χ1n) is 10.2. The Morgan fingerprint density at radius 2 is 1.97 bits per heavy atom. The van der Waals surface area contributed by atoms with Crippen molar-refractivity contribution in [3.8, 4) is 11.3 Å². The van der Waals surface area contributed by atoms with Crippen LogP contribution in [0.2, 0.25) is 0 Å². The van der Waals surface area contributed by atoms with Gasteiger partial charge in [0.1, 0.15) is 0 Å². The van der Waals surface area contributed by atoms with Crippen LogP contribution in [0.3, 0.4) is 0 Å². The lowest BCUT2D eigenvalue weighted by molar-refractivity contribution is -0.137. The van der Waals surface area contributed by atoms with Gasteiger partial charge in [0.15, 0.2) is 0 Å². The number of hydrogen-bond donors (Lipinski definition) is 0. The number of aromatic nitrogens is 3. The van der Waals surface area contributed by atoms with Crippen LogP contribution in [0.15, 0.2) is 59.8 Å². The highest BCUT2D eigenvalue weighted by molar-refractivity contribution is 5.94. The Bertz CT molecular complexity index is 1210. The third kappa shape index (κ3) is 4.56. The molecule has 1 aliphatic heterocycles. The SMILES string of the molecule is Cn1cc(C(=O)N2CCCC(c3cncc(-c4cccc(C(F)(F)F)c4)n3)C2)ccc1=O. The third-order valence-corrected chi connectivity index (χ3v) is 5.60. The van der Waals surface area contributed by atoms with Crippen LogP contribution in [0.5, 0.6) is 0 Å². The molecule has 6 nitrogen and oxygen atoms in total. The van der Waals surface area contributed by atoms with Crippen LogP contribution in [0.25, 0.3) is 11.3 Å². The zero-order valence-corrected chi connectivity index (χ0v) is 17.3. The summed E-state index contributed by atoms with van der Waals surface area (Å²) in [7, 11) is 1.59. The van der Waals surface area contributed by atoms with Gasteiger partial charge in [0.2, 0.25) is 5.56 Å². The van der Waals surface area contributed by atoms with E-state index in [4.69, 9.17) is 0 Å². The van der Waals surface area contributed by atoms with Crippen molar-refractivity contribution in [3.63, 3.8) is 0 Å². The van der Waals surface area contributed by atoms with E-state index in [-0.39, 0.29) is 17.4 Å². The van der Waals surface area contributed by atoms with Crippen molar-refractivity contribution in [2.24, 2.45) is 7.05 Å². The molecule has 1 unspecified atom stereocenters. The topological polar surface area (TPSA) is 68.1 Å². The van der Waals surface area contributed by atoms with Crippen LogP contribution < -0.4 is 5.56 Å². The van der Waals surface area contributed by atoms with Gasteiger partial charge in [0, 0.05) is 50.1 Å². The van der Waals surface area contributed by atoms with Gasteiger partial charge in [-0.05, 0) is 31.0 Å². The Hall–Kier alpha value is -3.49. The molecule has 9 heteroatoms. The highest BCUT2D eigenvalue weighted by Crippen LogP contribution is 2.32. The maximum Gasteiger partial charge on any atom is 0.416 e. The first-order chi connectivity index (χ1) is 15.2. The molecule has 1 fully saturated rings. The van der Waals surface area contributed by atoms with E-state index in [1.807, 2.05) is 0 Å². The third-order valence-electron chi connectivity index (χ3n) is 5.60. The number of carbonyl (C=O) groups is 1. The van der Waals surface area contributed by atoms with Gasteiger partial charge >= 0.3 is 6.18 Å². The number of alkyl halides is 3. The maximum absolute atomic E-state index is 13.1.